The second kappa shape index (κ2) is 9.73. The molecule has 2 rings (SSSR count). The van der Waals surface area contributed by atoms with E-state index in [0.717, 1.165) is 5.56 Å². The molecular formula is C19H23ClN2O4S. The van der Waals surface area contributed by atoms with Crippen molar-refractivity contribution in [2.75, 3.05) is 13.2 Å². The zero-order chi connectivity index (χ0) is 19.9. The van der Waals surface area contributed by atoms with Gasteiger partial charge in [0.05, 0.1) is 16.5 Å². The highest BCUT2D eigenvalue weighted by Crippen LogP contribution is 2.27. The van der Waals surface area contributed by atoms with E-state index in [1.165, 1.54) is 18.2 Å². The zero-order valence-electron chi connectivity index (χ0n) is 15.2. The van der Waals surface area contributed by atoms with Crippen LogP contribution in [0.2, 0.25) is 5.02 Å². The molecule has 0 bridgehead atoms. The topological polar surface area (TPSA) is 84.5 Å². The number of hydrogen-bond acceptors (Lipinski definition) is 4. The van der Waals surface area contributed by atoms with E-state index in [1.54, 1.807) is 6.92 Å². The van der Waals surface area contributed by atoms with E-state index < -0.39 is 16.1 Å². The summed E-state index contributed by atoms with van der Waals surface area (Å²) in [6.07, 6.45) is 0.233. The van der Waals surface area contributed by atoms with Gasteiger partial charge in [-0.05, 0) is 44.0 Å². The fraction of sp³-hybridized carbons (Fsp3) is 0.316. The summed E-state index contributed by atoms with van der Waals surface area (Å²) in [5.41, 5.74) is 0.848. The zero-order valence-corrected chi connectivity index (χ0v) is 16.8. The van der Waals surface area contributed by atoms with Gasteiger partial charge in [-0.1, -0.05) is 41.9 Å². The van der Waals surface area contributed by atoms with Crippen molar-refractivity contribution < 1.29 is 17.9 Å². The Kier molecular flexibility index (Phi) is 7.65. The summed E-state index contributed by atoms with van der Waals surface area (Å²) in [7, 11) is -3.95. The number of sulfonamides is 1. The second-order valence-corrected chi connectivity index (χ2v) is 7.90. The van der Waals surface area contributed by atoms with Crippen LogP contribution in [0.4, 0.5) is 0 Å². The van der Waals surface area contributed by atoms with Gasteiger partial charge in [-0.3, -0.25) is 4.79 Å². The van der Waals surface area contributed by atoms with Crippen LogP contribution in [0.25, 0.3) is 0 Å². The third-order valence-electron chi connectivity index (χ3n) is 3.76. The van der Waals surface area contributed by atoms with Crippen LogP contribution in [-0.2, 0) is 21.2 Å². The van der Waals surface area contributed by atoms with Gasteiger partial charge in [0.2, 0.25) is 15.9 Å². The first kappa shape index (κ1) is 21.2. The molecular weight excluding hydrogens is 388 g/mol. The highest BCUT2D eigenvalue weighted by atomic mass is 35.5. The average molecular weight is 411 g/mol. The molecule has 146 valence electrons. The van der Waals surface area contributed by atoms with Crippen molar-refractivity contribution in [1.82, 2.24) is 10.0 Å². The molecule has 0 saturated carbocycles. The Morgan fingerprint density at radius 3 is 2.44 bits per heavy atom. The molecule has 2 N–H and O–H groups in total. The van der Waals surface area contributed by atoms with E-state index in [-0.39, 0.29) is 22.2 Å². The molecule has 0 spiro atoms. The molecule has 0 saturated heterocycles. The van der Waals surface area contributed by atoms with E-state index in [9.17, 15) is 13.2 Å². The molecule has 2 aromatic carbocycles. The van der Waals surface area contributed by atoms with Crippen molar-refractivity contribution >= 4 is 27.5 Å². The van der Waals surface area contributed by atoms with Crippen molar-refractivity contribution in [3.05, 3.63) is 59.1 Å². The lowest BCUT2D eigenvalue weighted by molar-refractivity contribution is -0.122. The van der Waals surface area contributed by atoms with Gasteiger partial charge < -0.3 is 10.1 Å². The first-order valence-corrected chi connectivity index (χ1v) is 10.5. The van der Waals surface area contributed by atoms with E-state index in [1.807, 2.05) is 37.3 Å². The summed E-state index contributed by atoms with van der Waals surface area (Å²) in [4.78, 5) is 12.3. The van der Waals surface area contributed by atoms with E-state index in [2.05, 4.69) is 10.0 Å². The van der Waals surface area contributed by atoms with Crippen molar-refractivity contribution in [2.45, 2.75) is 31.2 Å². The summed E-state index contributed by atoms with van der Waals surface area (Å²) in [5, 5.41) is 2.86. The predicted molar refractivity (Wildman–Crippen MR) is 106 cm³/mol. The summed E-state index contributed by atoms with van der Waals surface area (Å²) >= 11 is 6.10. The molecule has 0 radical (unpaired) electrons. The highest BCUT2D eigenvalue weighted by Gasteiger charge is 2.26. The Morgan fingerprint density at radius 1 is 1.15 bits per heavy atom. The molecule has 8 heteroatoms. The molecule has 1 atom stereocenters. The van der Waals surface area contributed by atoms with Crippen LogP contribution >= 0.6 is 11.6 Å². The van der Waals surface area contributed by atoms with Crippen LogP contribution in [-0.4, -0.2) is 33.5 Å². The van der Waals surface area contributed by atoms with Gasteiger partial charge in [-0.25, -0.2) is 8.42 Å². The first-order chi connectivity index (χ1) is 12.9. The van der Waals surface area contributed by atoms with E-state index in [0.29, 0.717) is 18.9 Å². The summed E-state index contributed by atoms with van der Waals surface area (Å²) in [5.74, 6) is 0.0182. The van der Waals surface area contributed by atoms with Crippen LogP contribution in [0, 0.1) is 0 Å². The van der Waals surface area contributed by atoms with Gasteiger partial charge in [0, 0.05) is 6.54 Å². The first-order valence-electron chi connectivity index (χ1n) is 8.63. The molecule has 0 aliphatic heterocycles. The van der Waals surface area contributed by atoms with Gasteiger partial charge in [-0.2, -0.15) is 4.72 Å². The molecule has 27 heavy (non-hydrogen) atoms. The standard InChI is InChI=1S/C19H23ClN2O4S/c1-3-21-19(23)17(12-14-8-6-5-7-9-14)22-27(24,25)15-10-11-18(26-4-2)16(20)13-15/h5-11,13,17,22H,3-4,12H2,1-2H3,(H,21,23)/t17-/m0/s1. The maximum atomic E-state index is 12.8. The van der Waals surface area contributed by atoms with Gasteiger partial charge in [-0.15, -0.1) is 0 Å². The number of carbonyl (C=O) groups excluding carboxylic acids is 1. The molecule has 0 aromatic heterocycles. The quantitative estimate of drug-likeness (QED) is 0.665. The van der Waals surface area contributed by atoms with Crippen LogP contribution in [0.3, 0.4) is 0 Å². The number of amides is 1. The second-order valence-electron chi connectivity index (χ2n) is 5.78. The largest absolute Gasteiger partial charge is 0.492 e. The molecule has 1 amide bonds. The molecule has 0 aliphatic carbocycles. The lowest BCUT2D eigenvalue weighted by Crippen LogP contribution is -2.47. The summed E-state index contributed by atoms with van der Waals surface area (Å²) in [6.45, 7) is 4.41. The maximum absolute atomic E-state index is 12.8. The SMILES string of the molecule is CCNC(=O)[C@H](Cc1ccccc1)NS(=O)(=O)c1ccc(OCC)c(Cl)c1. The van der Waals surface area contributed by atoms with Crippen LogP contribution < -0.4 is 14.8 Å². The Labute approximate surface area is 164 Å². The Hall–Kier alpha value is -2.09. The summed E-state index contributed by atoms with van der Waals surface area (Å²) in [6, 6.07) is 12.5. The lowest BCUT2D eigenvalue weighted by atomic mass is 10.1. The third-order valence-corrected chi connectivity index (χ3v) is 5.53. The van der Waals surface area contributed by atoms with E-state index >= 15 is 0 Å². The van der Waals surface area contributed by atoms with Crippen molar-refractivity contribution in [1.29, 1.82) is 0 Å². The molecule has 0 aliphatic rings. The molecule has 6 nitrogen and oxygen atoms in total. The summed E-state index contributed by atoms with van der Waals surface area (Å²) < 4.78 is 33.4. The molecule has 2 aromatic rings. The number of likely N-dealkylation sites (N-methyl/N-ethyl adjacent to an activating group) is 1. The number of nitrogens with one attached hydrogen (secondary N) is 2. The average Bonchev–Trinajstić information content (AvgIpc) is 2.64. The van der Waals surface area contributed by atoms with Crippen LogP contribution in [0.1, 0.15) is 19.4 Å². The van der Waals surface area contributed by atoms with Crippen LogP contribution in [0.5, 0.6) is 5.75 Å². The number of benzene rings is 2. The third kappa shape index (κ3) is 5.95. The minimum Gasteiger partial charge on any atom is -0.492 e. The predicted octanol–water partition coefficient (Wildman–Crippen LogP) is 2.76. The number of carbonyl (C=O) groups is 1. The van der Waals surface area contributed by atoms with Crippen molar-refractivity contribution in [2.24, 2.45) is 0 Å². The minimum atomic E-state index is -3.95. The van der Waals surface area contributed by atoms with E-state index in [4.69, 9.17) is 16.3 Å². The Balaban J connectivity index is 2.26. The number of halogens is 1. The minimum absolute atomic E-state index is 0.0293. The lowest BCUT2D eigenvalue weighted by Gasteiger charge is -2.18. The van der Waals surface area contributed by atoms with Gasteiger partial charge in [0.25, 0.3) is 0 Å². The monoisotopic (exact) mass is 410 g/mol. The van der Waals surface area contributed by atoms with Gasteiger partial charge in [0.15, 0.2) is 0 Å². The van der Waals surface area contributed by atoms with Gasteiger partial charge >= 0.3 is 0 Å². The van der Waals surface area contributed by atoms with Crippen molar-refractivity contribution in [3.63, 3.8) is 0 Å². The number of hydrogen-bond donors (Lipinski definition) is 2. The Morgan fingerprint density at radius 2 is 1.85 bits per heavy atom. The number of ether oxygens (including phenoxy) is 1. The highest BCUT2D eigenvalue weighted by molar-refractivity contribution is 7.89. The normalized spacial score (nSPS) is 12.4. The smallest absolute Gasteiger partial charge is 0.241 e. The maximum Gasteiger partial charge on any atom is 0.241 e. The van der Waals surface area contributed by atoms with Crippen molar-refractivity contribution in [3.8, 4) is 5.75 Å². The fourth-order valence-electron chi connectivity index (χ4n) is 2.51. The molecule has 0 unspecified atom stereocenters. The Bertz CT molecular complexity index is 873. The number of rotatable bonds is 9. The van der Waals surface area contributed by atoms with Crippen LogP contribution in [0.15, 0.2) is 53.4 Å². The fourth-order valence-corrected chi connectivity index (χ4v) is 4.03. The molecule has 0 fully saturated rings. The molecule has 0 heterocycles. The van der Waals surface area contributed by atoms with Gasteiger partial charge in [0.1, 0.15) is 11.8 Å².